The van der Waals surface area contributed by atoms with E-state index in [1.54, 1.807) is 10.4 Å². The molecule has 0 radical (unpaired) electrons. The smallest absolute Gasteiger partial charge is 0.251 e. The van der Waals surface area contributed by atoms with Crippen molar-refractivity contribution in [1.29, 1.82) is 0 Å². The zero-order chi connectivity index (χ0) is 21.6. The first-order chi connectivity index (χ1) is 14.4. The van der Waals surface area contributed by atoms with Crippen molar-refractivity contribution in [2.45, 2.75) is 6.42 Å². The van der Waals surface area contributed by atoms with Crippen LogP contribution in [-0.2, 0) is 10.0 Å². The molecule has 3 rings (SSSR count). The summed E-state index contributed by atoms with van der Waals surface area (Å²) in [5.41, 5.74) is 2.64. The quantitative estimate of drug-likeness (QED) is 0.649. The Morgan fingerprint density at radius 2 is 1.70 bits per heavy atom. The predicted molar refractivity (Wildman–Crippen MR) is 122 cm³/mol. The van der Waals surface area contributed by atoms with Crippen molar-refractivity contribution in [3.05, 3.63) is 60.2 Å². The van der Waals surface area contributed by atoms with E-state index >= 15 is 0 Å². The van der Waals surface area contributed by atoms with Crippen LogP contribution >= 0.6 is 0 Å². The summed E-state index contributed by atoms with van der Waals surface area (Å²) in [4.78, 5) is 16.5. The van der Waals surface area contributed by atoms with Crippen molar-refractivity contribution >= 4 is 27.3 Å². The van der Waals surface area contributed by atoms with Gasteiger partial charge < -0.3 is 15.1 Å². The Labute approximate surface area is 179 Å². The van der Waals surface area contributed by atoms with E-state index in [-0.39, 0.29) is 11.7 Å². The topological polar surface area (TPSA) is 73.0 Å². The van der Waals surface area contributed by atoms with E-state index in [2.05, 4.69) is 10.2 Å². The standard InChI is InChI=1S/C22H30N4O3S/c1-24(2)21-11-6-8-19(18-21)22(27)23-12-7-17-30(28,29)26-15-13-25(14-16-26)20-9-4-3-5-10-20/h3-6,8-11,18H,7,12-17H2,1-2H3,(H,23,27). The number of nitrogens with zero attached hydrogens (tertiary/aromatic N) is 3. The summed E-state index contributed by atoms with van der Waals surface area (Å²) in [7, 11) is 0.516. The van der Waals surface area contributed by atoms with Crippen LogP contribution in [0.1, 0.15) is 16.8 Å². The van der Waals surface area contributed by atoms with E-state index in [1.807, 2.05) is 67.5 Å². The molecule has 1 aliphatic heterocycles. The lowest BCUT2D eigenvalue weighted by atomic mass is 10.2. The molecule has 0 aliphatic carbocycles. The number of amides is 1. The fourth-order valence-corrected chi connectivity index (χ4v) is 4.96. The first-order valence-electron chi connectivity index (χ1n) is 10.2. The van der Waals surface area contributed by atoms with Crippen LogP contribution in [0.4, 0.5) is 11.4 Å². The number of piperazine rings is 1. The second kappa shape index (κ2) is 9.95. The number of nitrogens with one attached hydrogen (secondary N) is 1. The molecule has 1 N–H and O–H groups in total. The number of carbonyl (C=O) groups excluding carboxylic acids is 1. The second-order valence-electron chi connectivity index (χ2n) is 7.59. The third kappa shape index (κ3) is 5.73. The minimum absolute atomic E-state index is 0.0381. The molecule has 1 aliphatic rings. The lowest BCUT2D eigenvalue weighted by Crippen LogP contribution is -2.49. The normalized spacial score (nSPS) is 15.1. The molecule has 0 unspecified atom stereocenters. The molecular formula is C22H30N4O3S. The molecule has 0 spiro atoms. The van der Waals surface area contributed by atoms with E-state index in [1.165, 1.54) is 0 Å². The maximum atomic E-state index is 12.7. The summed E-state index contributed by atoms with van der Waals surface area (Å²) in [5, 5.41) is 2.82. The molecule has 0 saturated carbocycles. The minimum Gasteiger partial charge on any atom is -0.378 e. The minimum atomic E-state index is -3.32. The molecule has 8 heteroatoms. The predicted octanol–water partition coefficient (Wildman–Crippen LogP) is 2.02. The largest absolute Gasteiger partial charge is 0.378 e. The lowest BCUT2D eigenvalue weighted by Gasteiger charge is -2.35. The number of carbonyl (C=O) groups is 1. The number of para-hydroxylation sites is 1. The zero-order valence-electron chi connectivity index (χ0n) is 17.6. The van der Waals surface area contributed by atoms with E-state index in [4.69, 9.17) is 0 Å². The van der Waals surface area contributed by atoms with Gasteiger partial charge in [0.05, 0.1) is 5.75 Å². The van der Waals surface area contributed by atoms with Gasteiger partial charge in [0.2, 0.25) is 10.0 Å². The van der Waals surface area contributed by atoms with Gasteiger partial charge >= 0.3 is 0 Å². The van der Waals surface area contributed by atoms with Crippen LogP contribution in [0.25, 0.3) is 0 Å². The molecule has 30 heavy (non-hydrogen) atoms. The fraction of sp³-hybridized carbons (Fsp3) is 0.409. The Balaban J connectivity index is 1.43. The van der Waals surface area contributed by atoms with Crippen molar-refractivity contribution in [2.24, 2.45) is 0 Å². The van der Waals surface area contributed by atoms with Gasteiger partial charge in [-0.2, -0.15) is 4.31 Å². The molecular weight excluding hydrogens is 400 g/mol. The Kier molecular flexibility index (Phi) is 7.33. The van der Waals surface area contributed by atoms with Gasteiger partial charge in [-0.1, -0.05) is 24.3 Å². The van der Waals surface area contributed by atoms with Gasteiger partial charge in [-0.15, -0.1) is 0 Å². The highest BCUT2D eigenvalue weighted by Crippen LogP contribution is 2.17. The van der Waals surface area contributed by atoms with E-state index in [9.17, 15) is 13.2 Å². The van der Waals surface area contributed by atoms with Crippen LogP contribution < -0.4 is 15.1 Å². The second-order valence-corrected chi connectivity index (χ2v) is 9.68. The molecule has 0 aromatic heterocycles. The van der Waals surface area contributed by atoms with Gasteiger partial charge in [0.15, 0.2) is 0 Å². The first-order valence-corrected chi connectivity index (χ1v) is 11.8. The number of anilines is 2. The number of benzene rings is 2. The van der Waals surface area contributed by atoms with Crippen molar-refractivity contribution in [3.8, 4) is 0 Å². The molecule has 2 aromatic carbocycles. The Bertz CT molecular complexity index is 940. The third-order valence-corrected chi connectivity index (χ3v) is 7.20. The summed E-state index contributed by atoms with van der Waals surface area (Å²) in [6.45, 7) is 2.67. The molecule has 162 valence electrons. The van der Waals surface area contributed by atoms with E-state index < -0.39 is 10.0 Å². The van der Waals surface area contributed by atoms with Crippen molar-refractivity contribution in [2.75, 3.05) is 62.4 Å². The Morgan fingerprint density at radius 3 is 2.37 bits per heavy atom. The van der Waals surface area contributed by atoms with Crippen molar-refractivity contribution in [1.82, 2.24) is 9.62 Å². The highest BCUT2D eigenvalue weighted by molar-refractivity contribution is 7.89. The molecule has 0 atom stereocenters. The molecule has 1 saturated heterocycles. The summed E-state index contributed by atoms with van der Waals surface area (Å²) < 4.78 is 26.9. The van der Waals surface area contributed by atoms with Gasteiger partial charge in [0, 0.05) is 63.8 Å². The van der Waals surface area contributed by atoms with Gasteiger partial charge in [-0.25, -0.2) is 8.42 Å². The van der Waals surface area contributed by atoms with Gasteiger partial charge in [0.1, 0.15) is 0 Å². The van der Waals surface area contributed by atoms with Crippen LogP contribution in [0, 0.1) is 0 Å². The summed E-state index contributed by atoms with van der Waals surface area (Å²) >= 11 is 0. The average Bonchev–Trinajstić information content (AvgIpc) is 2.77. The van der Waals surface area contributed by atoms with Crippen LogP contribution in [0.2, 0.25) is 0 Å². The number of rotatable bonds is 8. The molecule has 7 nitrogen and oxygen atoms in total. The van der Waals surface area contributed by atoms with Crippen LogP contribution in [0.5, 0.6) is 0 Å². The molecule has 1 fully saturated rings. The fourth-order valence-electron chi connectivity index (χ4n) is 3.48. The average molecular weight is 431 g/mol. The monoisotopic (exact) mass is 430 g/mol. The molecule has 1 heterocycles. The van der Waals surface area contributed by atoms with Gasteiger partial charge in [-0.3, -0.25) is 4.79 Å². The number of sulfonamides is 1. The summed E-state index contributed by atoms with van der Waals surface area (Å²) in [5.74, 6) is -0.149. The third-order valence-electron chi connectivity index (χ3n) is 5.24. The van der Waals surface area contributed by atoms with Crippen molar-refractivity contribution < 1.29 is 13.2 Å². The zero-order valence-corrected chi connectivity index (χ0v) is 18.4. The number of hydrogen-bond donors (Lipinski definition) is 1. The van der Waals surface area contributed by atoms with Crippen LogP contribution in [-0.4, -0.2) is 71.2 Å². The molecule has 0 bridgehead atoms. The lowest BCUT2D eigenvalue weighted by molar-refractivity contribution is 0.0953. The van der Waals surface area contributed by atoms with Gasteiger partial charge in [-0.05, 0) is 36.8 Å². The van der Waals surface area contributed by atoms with Crippen LogP contribution in [0.3, 0.4) is 0 Å². The van der Waals surface area contributed by atoms with Gasteiger partial charge in [0.25, 0.3) is 5.91 Å². The summed E-state index contributed by atoms with van der Waals surface area (Å²) in [6, 6.07) is 17.4. The van der Waals surface area contributed by atoms with E-state index in [0.29, 0.717) is 44.7 Å². The van der Waals surface area contributed by atoms with E-state index in [0.717, 1.165) is 11.4 Å². The highest BCUT2D eigenvalue weighted by Gasteiger charge is 2.26. The maximum absolute atomic E-state index is 12.7. The first kappa shape index (κ1) is 22.1. The van der Waals surface area contributed by atoms with Crippen molar-refractivity contribution in [3.63, 3.8) is 0 Å². The number of hydrogen-bond acceptors (Lipinski definition) is 5. The molecule has 1 amide bonds. The maximum Gasteiger partial charge on any atom is 0.251 e. The SMILES string of the molecule is CN(C)c1cccc(C(=O)NCCCS(=O)(=O)N2CCN(c3ccccc3)CC2)c1. The summed E-state index contributed by atoms with van der Waals surface area (Å²) in [6.07, 6.45) is 0.389. The molecule has 2 aromatic rings. The Morgan fingerprint density at radius 1 is 1.00 bits per heavy atom. The highest BCUT2D eigenvalue weighted by atomic mass is 32.2. The Hall–Kier alpha value is -2.58. The van der Waals surface area contributed by atoms with Crippen LogP contribution in [0.15, 0.2) is 54.6 Å².